The van der Waals surface area contributed by atoms with Gasteiger partial charge in [-0.2, -0.15) is 5.26 Å². The Morgan fingerprint density at radius 1 is 1.13 bits per heavy atom. The number of hydrogen-bond donors (Lipinski definition) is 0. The van der Waals surface area contributed by atoms with Crippen LogP contribution in [0.5, 0.6) is 0 Å². The second kappa shape index (κ2) is 5.35. The molecule has 30 heavy (non-hydrogen) atoms. The van der Waals surface area contributed by atoms with E-state index >= 15 is 0 Å². The van der Waals surface area contributed by atoms with Crippen molar-refractivity contribution in [1.29, 1.82) is 5.26 Å². The van der Waals surface area contributed by atoms with Gasteiger partial charge in [0.05, 0.1) is 17.6 Å². The molecular formula is C24H29NO5. The highest BCUT2D eigenvalue weighted by molar-refractivity contribution is 5.81. The lowest BCUT2D eigenvalue weighted by molar-refractivity contribution is -0.182. The van der Waals surface area contributed by atoms with E-state index < -0.39 is 22.0 Å². The van der Waals surface area contributed by atoms with Crippen LogP contribution in [-0.4, -0.2) is 35.3 Å². The van der Waals surface area contributed by atoms with E-state index in [1.165, 1.54) is 0 Å². The Morgan fingerprint density at radius 3 is 2.60 bits per heavy atom. The highest BCUT2D eigenvalue weighted by atomic mass is 16.6. The van der Waals surface area contributed by atoms with E-state index in [2.05, 4.69) is 19.9 Å². The summed E-state index contributed by atoms with van der Waals surface area (Å²) in [6.07, 6.45) is 6.61. The predicted octanol–water partition coefficient (Wildman–Crippen LogP) is 3.12. The summed E-state index contributed by atoms with van der Waals surface area (Å²) in [6, 6.07) is 2.53. The lowest BCUT2D eigenvalue weighted by Crippen LogP contribution is -2.67. The Balaban J connectivity index is 1.48. The first-order chi connectivity index (χ1) is 14.2. The summed E-state index contributed by atoms with van der Waals surface area (Å²) < 4.78 is 12.6. The molecule has 4 aliphatic carbocycles. The fraction of sp³-hybridized carbons (Fsp3) is 0.833. The maximum absolute atomic E-state index is 12.4. The number of nitrogens with zero attached hydrogens (tertiary/aromatic N) is 1. The molecule has 6 aliphatic rings. The van der Waals surface area contributed by atoms with Crippen LogP contribution in [0, 0.1) is 45.3 Å². The van der Waals surface area contributed by atoms with E-state index in [9.17, 15) is 19.6 Å². The van der Waals surface area contributed by atoms with Crippen molar-refractivity contribution < 1.29 is 23.9 Å². The lowest BCUT2D eigenvalue weighted by atomic mass is 9.38. The average Bonchev–Trinajstić information content (AvgIpc) is 3.20. The second-order valence-corrected chi connectivity index (χ2v) is 11.4. The Labute approximate surface area is 176 Å². The van der Waals surface area contributed by atoms with Gasteiger partial charge >= 0.3 is 5.97 Å². The zero-order valence-electron chi connectivity index (χ0n) is 17.7. The van der Waals surface area contributed by atoms with Gasteiger partial charge in [0.1, 0.15) is 23.3 Å². The largest absolute Gasteiger partial charge is 0.458 e. The maximum Gasteiger partial charge on any atom is 0.306 e. The summed E-state index contributed by atoms with van der Waals surface area (Å²) in [5, 5.41) is 10.3. The van der Waals surface area contributed by atoms with Gasteiger partial charge in [-0.1, -0.05) is 13.8 Å². The van der Waals surface area contributed by atoms with Crippen molar-refractivity contribution >= 4 is 18.0 Å². The van der Waals surface area contributed by atoms with Gasteiger partial charge in [-0.15, -0.1) is 0 Å². The van der Waals surface area contributed by atoms with Crippen molar-refractivity contribution in [2.45, 2.75) is 88.9 Å². The van der Waals surface area contributed by atoms with Crippen LogP contribution >= 0.6 is 0 Å². The molecule has 9 atom stereocenters. The summed E-state index contributed by atoms with van der Waals surface area (Å²) in [5.41, 5.74) is -2.41. The number of Topliss-reactive ketones (excluding diaryl/α,β-unsaturated/α-hetero) is 1. The number of esters is 1. The fourth-order valence-corrected chi connectivity index (χ4v) is 9.27. The molecule has 2 saturated heterocycles. The third-order valence-electron chi connectivity index (χ3n) is 10.8. The van der Waals surface area contributed by atoms with Gasteiger partial charge in [-0.05, 0) is 44.4 Å². The monoisotopic (exact) mass is 411 g/mol. The quantitative estimate of drug-likeness (QED) is 0.374. The molecule has 0 bridgehead atoms. The second-order valence-electron chi connectivity index (χ2n) is 11.4. The van der Waals surface area contributed by atoms with Gasteiger partial charge in [0.2, 0.25) is 0 Å². The van der Waals surface area contributed by atoms with E-state index in [4.69, 9.17) is 9.47 Å². The first-order valence-corrected chi connectivity index (χ1v) is 11.5. The van der Waals surface area contributed by atoms with Crippen molar-refractivity contribution in [1.82, 2.24) is 0 Å². The molecule has 160 valence electrons. The standard InChI is InChI=1S/C24H29NO5/c1-20-11-17-24(29-17)19(16(20)4-7-23(20)8-5-18(28)30-23)14(12-26)9-22(13-25)10-15(27)3-6-21(22,24)2/h12,14,16-17,19H,3-11H2,1-2H3/t14-,16?,17?,19?,20?,21?,22+,23+,24+/m0/s1. The highest BCUT2D eigenvalue weighted by Gasteiger charge is 2.86. The lowest BCUT2D eigenvalue weighted by Gasteiger charge is -2.63. The number of carbonyl (C=O) groups excluding carboxylic acids is 3. The van der Waals surface area contributed by atoms with Gasteiger partial charge in [0.25, 0.3) is 0 Å². The van der Waals surface area contributed by atoms with Gasteiger partial charge < -0.3 is 14.3 Å². The van der Waals surface area contributed by atoms with Crippen molar-refractivity contribution in [3.8, 4) is 6.07 Å². The highest BCUT2D eigenvalue weighted by Crippen LogP contribution is 2.80. The Morgan fingerprint density at radius 2 is 1.93 bits per heavy atom. The van der Waals surface area contributed by atoms with Crippen LogP contribution < -0.4 is 0 Å². The molecule has 0 amide bonds. The molecule has 5 unspecified atom stereocenters. The zero-order chi connectivity index (χ0) is 21.2. The molecule has 2 spiro atoms. The molecule has 0 radical (unpaired) electrons. The van der Waals surface area contributed by atoms with Crippen molar-refractivity contribution in [2.24, 2.45) is 34.0 Å². The number of ketones is 1. The number of ether oxygens (including phenoxy) is 2. The molecule has 0 N–H and O–H groups in total. The summed E-state index contributed by atoms with van der Waals surface area (Å²) in [7, 11) is 0. The molecule has 4 saturated carbocycles. The number of rotatable bonds is 1. The third kappa shape index (κ3) is 1.77. The minimum absolute atomic E-state index is 0.0251. The van der Waals surface area contributed by atoms with Crippen LogP contribution in [0.4, 0.5) is 0 Å². The summed E-state index contributed by atoms with van der Waals surface area (Å²) in [4.78, 5) is 36.9. The van der Waals surface area contributed by atoms with Gasteiger partial charge in [0.15, 0.2) is 0 Å². The third-order valence-corrected chi connectivity index (χ3v) is 10.8. The summed E-state index contributed by atoms with van der Waals surface area (Å²) >= 11 is 0. The number of aldehydes is 1. The molecule has 0 aromatic rings. The zero-order valence-corrected chi connectivity index (χ0v) is 17.7. The van der Waals surface area contributed by atoms with Gasteiger partial charge in [-0.3, -0.25) is 9.59 Å². The molecule has 6 rings (SSSR count). The van der Waals surface area contributed by atoms with Gasteiger partial charge in [0, 0.05) is 41.9 Å². The molecule has 0 aromatic heterocycles. The molecule has 6 heteroatoms. The van der Waals surface area contributed by atoms with Crippen LogP contribution in [-0.2, 0) is 23.9 Å². The van der Waals surface area contributed by atoms with E-state index in [0.717, 1.165) is 32.0 Å². The van der Waals surface area contributed by atoms with E-state index in [-0.39, 0.29) is 47.4 Å². The first kappa shape index (κ1) is 19.0. The van der Waals surface area contributed by atoms with Crippen LogP contribution in [0.15, 0.2) is 0 Å². The molecule has 2 aliphatic heterocycles. The molecular weight excluding hydrogens is 382 g/mol. The number of hydrogen-bond acceptors (Lipinski definition) is 6. The van der Waals surface area contributed by atoms with Crippen molar-refractivity contribution in [3.05, 3.63) is 0 Å². The number of fused-ring (bicyclic) bond motifs is 4. The molecule has 6 nitrogen and oxygen atoms in total. The van der Waals surface area contributed by atoms with Gasteiger partial charge in [-0.25, -0.2) is 0 Å². The predicted molar refractivity (Wildman–Crippen MR) is 104 cm³/mol. The fourth-order valence-electron chi connectivity index (χ4n) is 9.27. The molecule has 6 fully saturated rings. The minimum atomic E-state index is -0.830. The summed E-state index contributed by atoms with van der Waals surface area (Å²) in [6.45, 7) is 4.40. The number of epoxide rings is 1. The average molecular weight is 411 g/mol. The minimum Gasteiger partial charge on any atom is -0.458 e. The van der Waals surface area contributed by atoms with Crippen molar-refractivity contribution in [3.63, 3.8) is 0 Å². The smallest absolute Gasteiger partial charge is 0.306 e. The van der Waals surface area contributed by atoms with E-state index in [1.54, 1.807) is 0 Å². The van der Waals surface area contributed by atoms with Crippen LogP contribution in [0.25, 0.3) is 0 Å². The van der Waals surface area contributed by atoms with Crippen LogP contribution in [0.1, 0.15) is 71.6 Å². The number of nitriles is 1. The Hall–Kier alpha value is -1.74. The molecule has 0 aromatic carbocycles. The first-order valence-electron chi connectivity index (χ1n) is 11.5. The Bertz CT molecular complexity index is 925. The van der Waals surface area contributed by atoms with Crippen LogP contribution in [0.2, 0.25) is 0 Å². The van der Waals surface area contributed by atoms with E-state index in [0.29, 0.717) is 25.7 Å². The van der Waals surface area contributed by atoms with Crippen molar-refractivity contribution in [2.75, 3.05) is 0 Å². The molecule has 2 heterocycles. The summed E-state index contributed by atoms with van der Waals surface area (Å²) in [5.74, 6) is -0.0302. The van der Waals surface area contributed by atoms with Crippen LogP contribution in [0.3, 0.4) is 0 Å². The topological polar surface area (TPSA) is 96.8 Å². The normalized spacial score (nSPS) is 58.2. The van der Waals surface area contributed by atoms with E-state index in [1.807, 2.05) is 0 Å². The Kier molecular flexibility index (Phi) is 3.39. The SMILES string of the molecule is CC12CC3O[C@@]34C(C1CC[C@@]21CCC(=O)O1)[C@H](C=O)C[C@]1(C#N)CC(=O)CCC14C. The maximum atomic E-state index is 12.4. The number of carbonyl (C=O) groups is 3.